The molecule has 5 heteroatoms. The Morgan fingerprint density at radius 3 is 2.70 bits per heavy atom. The van der Waals surface area contributed by atoms with Gasteiger partial charge in [0.25, 0.3) is 0 Å². The molecule has 1 rings (SSSR count). The Morgan fingerprint density at radius 2 is 1.95 bits per heavy atom. The number of rotatable bonds is 12. The fraction of sp³-hybridized carbons (Fsp3) is 0.733. The lowest BCUT2D eigenvalue weighted by atomic mass is 10.2. The van der Waals surface area contributed by atoms with Crippen LogP contribution in [-0.4, -0.2) is 39.6 Å². The number of furan rings is 1. The average molecular weight is 285 g/mol. The van der Waals surface area contributed by atoms with Crippen molar-refractivity contribution >= 4 is 0 Å². The summed E-state index contributed by atoms with van der Waals surface area (Å²) in [5.41, 5.74) is 1.15. The third-order valence-electron chi connectivity index (χ3n) is 2.78. The monoisotopic (exact) mass is 285 g/mol. The summed E-state index contributed by atoms with van der Waals surface area (Å²) in [6, 6.07) is 2.44. The zero-order chi connectivity index (χ0) is 14.6. The van der Waals surface area contributed by atoms with Crippen LogP contribution in [-0.2, 0) is 27.4 Å². The molecule has 0 radical (unpaired) electrons. The largest absolute Gasteiger partial charge is 0.467 e. The van der Waals surface area contributed by atoms with E-state index >= 15 is 0 Å². The van der Waals surface area contributed by atoms with E-state index in [1.165, 1.54) is 0 Å². The highest BCUT2D eigenvalue weighted by Crippen LogP contribution is 2.11. The van der Waals surface area contributed by atoms with Crippen molar-refractivity contribution in [2.75, 3.05) is 33.5 Å². The van der Waals surface area contributed by atoms with E-state index in [-0.39, 0.29) is 0 Å². The maximum atomic E-state index is 5.55. The minimum Gasteiger partial charge on any atom is -0.467 e. The number of methoxy groups -OCH3 is 1. The molecule has 0 aromatic carbocycles. The quantitative estimate of drug-likeness (QED) is 0.597. The predicted molar refractivity (Wildman–Crippen MR) is 77.7 cm³/mol. The molecule has 1 aromatic rings. The van der Waals surface area contributed by atoms with Crippen LogP contribution in [0.1, 0.15) is 31.6 Å². The molecule has 0 aliphatic rings. The number of hydrogen-bond acceptors (Lipinski definition) is 5. The first-order valence-corrected chi connectivity index (χ1v) is 7.17. The van der Waals surface area contributed by atoms with Gasteiger partial charge in [-0.3, -0.25) is 0 Å². The van der Waals surface area contributed by atoms with Crippen LogP contribution in [0.3, 0.4) is 0 Å². The van der Waals surface area contributed by atoms with Crippen LogP contribution in [0.25, 0.3) is 0 Å². The Kier molecular flexibility index (Phi) is 9.32. The fourth-order valence-corrected chi connectivity index (χ4v) is 1.66. The smallest absolute Gasteiger partial charge is 0.133 e. The Balaban J connectivity index is 2.08. The molecule has 1 aromatic heterocycles. The highest BCUT2D eigenvalue weighted by atomic mass is 16.5. The molecule has 1 heterocycles. The summed E-state index contributed by atoms with van der Waals surface area (Å²) < 4.78 is 21.3. The number of ether oxygens (including phenoxy) is 3. The van der Waals surface area contributed by atoms with E-state index in [2.05, 4.69) is 19.2 Å². The van der Waals surface area contributed by atoms with E-state index in [1.807, 2.05) is 6.07 Å². The van der Waals surface area contributed by atoms with E-state index in [4.69, 9.17) is 18.6 Å². The molecular formula is C15H27NO4. The number of hydrogen-bond donors (Lipinski definition) is 1. The van der Waals surface area contributed by atoms with E-state index in [0.29, 0.717) is 32.5 Å². The van der Waals surface area contributed by atoms with Gasteiger partial charge in [0.15, 0.2) is 0 Å². The van der Waals surface area contributed by atoms with E-state index in [0.717, 1.165) is 30.9 Å². The summed E-state index contributed by atoms with van der Waals surface area (Å²) in [5.74, 6) is 0.887. The van der Waals surface area contributed by atoms with Gasteiger partial charge in [0.05, 0.1) is 19.5 Å². The normalized spacial score (nSPS) is 11.4. The Hall–Kier alpha value is -0.880. The summed E-state index contributed by atoms with van der Waals surface area (Å²) in [7, 11) is 1.69. The summed E-state index contributed by atoms with van der Waals surface area (Å²) in [6.07, 6.45) is 2.62. The van der Waals surface area contributed by atoms with Crippen molar-refractivity contribution in [3.8, 4) is 0 Å². The molecule has 0 aliphatic heterocycles. The zero-order valence-corrected chi connectivity index (χ0v) is 12.8. The Labute approximate surface area is 121 Å². The zero-order valence-electron chi connectivity index (χ0n) is 12.8. The van der Waals surface area contributed by atoms with Crippen molar-refractivity contribution in [2.45, 2.75) is 39.5 Å². The third kappa shape index (κ3) is 7.65. The lowest BCUT2D eigenvalue weighted by molar-refractivity contribution is 0.0284. The summed E-state index contributed by atoms with van der Waals surface area (Å²) in [6.45, 7) is 8.16. The maximum Gasteiger partial charge on any atom is 0.133 e. The molecule has 1 N–H and O–H groups in total. The molecule has 0 saturated carbocycles. The van der Waals surface area contributed by atoms with Gasteiger partial charge in [-0.05, 0) is 12.5 Å². The maximum absolute atomic E-state index is 5.55. The first kappa shape index (κ1) is 17.2. The van der Waals surface area contributed by atoms with Gasteiger partial charge in [-0.2, -0.15) is 0 Å². The van der Waals surface area contributed by atoms with Crippen molar-refractivity contribution < 1.29 is 18.6 Å². The van der Waals surface area contributed by atoms with Crippen LogP contribution in [0.5, 0.6) is 0 Å². The molecule has 0 atom stereocenters. The summed E-state index contributed by atoms with van der Waals surface area (Å²) in [4.78, 5) is 0. The SMILES string of the molecule is COCCCOCCOCc1occc1CNC(C)C. The second-order valence-corrected chi connectivity index (χ2v) is 4.92. The van der Waals surface area contributed by atoms with Crippen molar-refractivity contribution in [3.63, 3.8) is 0 Å². The molecule has 116 valence electrons. The van der Waals surface area contributed by atoms with Gasteiger partial charge in [-0.1, -0.05) is 13.8 Å². The van der Waals surface area contributed by atoms with Crippen LogP contribution >= 0.6 is 0 Å². The molecule has 0 unspecified atom stereocenters. The number of nitrogens with one attached hydrogen (secondary N) is 1. The standard InChI is InChI=1S/C15H27NO4/c1-13(2)16-11-14-5-8-20-15(14)12-19-10-9-18-7-4-6-17-3/h5,8,13,16H,4,6-7,9-12H2,1-3H3. The topological polar surface area (TPSA) is 52.9 Å². The first-order valence-electron chi connectivity index (χ1n) is 7.17. The van der Waals surface area contributed by atoms with E-state index < -0.39 is 0 Å². The van der Waals surface area contributed by atoms with Crippen LogP contribution in [0.15, 0.2) is 16.7 Å². The lowest BCUT2D eigenvalue weighted by Crippen LogP contribution is -2.22. The minimum absolute atomic E-state index is 0.458. The molecule has 0 aliphatic carbocycles. The molecule has 5 nitrogen and oxygen atoms in total. The minimum atomic E-state index is 0.458. The van der Waals surface area contributed by atoms with E-state index in [1.54, 1.807) is 13.4 Å². The second kappa shape index (κ2) is 10.9. The van der Waals surface area contributed by atoms with Gasteiger partial charge in [-0.25, -0.2) is 0 Å². The Bertz CT molecular complexity index is 338. The van der Waals surface area contributed by atoms with Gasteiger partial charge in [0, 0.05) is 38.5 Å². The Morgan fingerprint density at radius 1 is 1.15 bits per heavy atom. The van der Waals surface area contributed by atoms with Crippen LogP contribution < -0.4 is 5.32 Å². The van der Waals surface area contributed by atoms with Gasteiger partial charge >= 0.3 is 0 Å². The van der Waals surface area contributed by atoms with Crippen molar-refractivity contribution in [2.24, 2.45) is 0 Å². The van der Waals surface area contributed by atoms with Gasteiger partial charge in [0.1, 0.15) is 12.4 Å². The molecule has 0 spiro atoms. The molecule has 0 saturated heterocycles. The van der Waals surface area contributed by atoms with Gasteiger partial charge < -0.3 is 23.9 Å². The molecule has 20 heavy (non-hydrogen) atoms. The molecular weight excluding hydrogens is 258 g/mol. The molecule has 0 bridgehead atoms. The predicted octanol–water partition coefficient (Wildman–Crippen LogP) is 2.35. The van der Waals surface area contributed by atoms with Crippen LogP contribution in [0.2, 0.25) is 0 Å². The highest BCUT2D eigenvalue weighted by Gasteiger charge is 2.06. The van der Waals surface area contributed by atoms with Crippen LogP contribution in [0, 0.1) is 0 Å². The second-order valence-electron chi connectivity index (χ2n) is 4.92. The summed E-state index contributed by atoms with van der Waals surface area (Å²) in [5, 5.41) is 3.37. The van der Waals surface area contributed by atoms with Crippen molar-refractivity contribution in [1.29, 1.82) is 0 Å². The molecule has 0 fully saturated rings. The first-order chi connectivity index (χ1) is 9.74. The third-order valence-corrected chi connectivity index (χ3v) is 2.78. The summed E-state index contributed by atoms with van der Waals surface area (Å²) >= 11 is 0. The van der Waals surface area contributed by atoms with Crippen molar-refractivity contribution in [3.05, 3.63) is 23.7 Å². The fourth-order valence-electron chi connectivity index (χ4n) is 1.66. The van der Waals surface area contributed by atoms with Crippen LogP contribution in [0.4, 0.5) is 0 Å². The van der Waals surface area contributed by atoms with Crippen molar-refractivity contribution in [1.82, 2.24) is 5.32 Å². The highest BCUT2D eigenvalue weighted by molar-refractivity contribution is 5.16. The van der Waals surface area contributed by atoms with Gasteiger partial charge in [-0.15, -0.1) is 0 Å². The molecule has 0 amide bonds. The van der Waals surface area contributed by atoms with E-state index in [9.17, 15) is 0 Å². The lowest BCUT2D eigenvalue weighted by Gasteiger charge is -2.08. The van der Waals surface area contributed by atoms with Gasteiger partial charge in [0.2, 0.25) is 0 Å². The average Bonchev–Trinajstić information content (AvgIpc) is 2.87.